The van der Waals surface area contributed by atoms with Crippen LogP contribution in [0.3, 0.4) is 0 Å². The molecule has 0 fully saturated rings. The second-order valence-corrected chi connectivity index (χ2v) is 2.29. The summed E-state index contributed by atoms with van der Waals surface area (Å²) >= 11 is 0. The summed E-state index contributed by atoms with van der Waals surface area (Å²) in [5.41, 5.74) is -1.15. The van der Waals surface area contributed by atoms with Crippen LogP contribution in [0.5, 0.6) is 5.75 Å². The summed E-state index contributed by atoms with van der Waals surface area (Å²) in [7, 11) is 1.19. The van der Waals surface area contributed by atoms with Crippen molar-refractivity contribution in [1.82, 2.24) is 0 Å². The molecule has 0 spiro atoms. The van der Waals surface area contributed by atoms with E-state index in [0.29, 0.717) is 6.07 Å². The molecule has 7 nitrogen and oxygen atoms in total. The molecule has 0 heterocycles. The van der Waals surface area contributed by atoms with Gasteiger partial charge in [-0.05, 0) is 6.07 Å². The van der Waals surface area contributed by atoms with Crippen LogP contribution in [0.4, 0.5) is 11.4 Å². The summed E-state index contributed by atoms with van der Waals surface area (Å²) < 4.78 is 11.9. The number of methoxy groups -OCH3 is 1. The maximum atomic E-state index is 10.5. The highest BCUT2D eigenvalue weighted by Crippen LogP contribution is 2.30. The highest BCUT2D eigenvalue weighted by Gasteiger charge is 2.19. The standard InChI is InChI=1S/C7H6N2O5/c1-14-7-3-2-5(8(10)11)4-6(7)9(12)13/h2-4H,1H3/i2D. The molecule has 0 N–H and O–H groups in total. The summed E-state index contributed by atoms with van der Waals surface area (Å²) in [5.74, 6) is -0.171. The first-order valence-electron chi connectivity index (χ1n) is 3.94. The summed E-state index contributed by atoms with van der Waals surface area (Å²) in [4.78, 5) is 19.3. The van der Waals surface area contributed by atoms with Gasteiger partial charge in [-0.3, -0.25) is 20.2 Å². The number of nitrogens with zero attached hydrogens (tertiary/aromatic N) is 2. The van der Waals surface area contributed by atoms with Crippen molar-refractivity contribution in [2.75, 3.05) is 7.11 Å². The largest absolute Gasteiger partial charge is 0.490 e. The van der Waals surface area contributed by atoms with Crippen LogP contribution < -0.4 is 4.74 Å². The first-order chi connectivity index (χ1) is 6.97. The summed E-state index contributed by atoms with van der Waals surface area (Å²) in [6, 6.07) is 1.22. The fourth-order valence-corrected chi connectivity index (χ4v) is 0.867. The second kappa shape index (κ2) is 3.69. The fraction of sp³-hybridized carbons (Fsp3) is 0.143. The highest BCUT2D eigenvalue weighted by atomic mass is 16.6. The van der Waals surface area contributed by atoms with Crippen molar-refractivity contribution in [3.63, 3.8) is 0 Å². The smallest absolute Gasteiger partial charge is 0.317 e. The molecular formula is C7H6N2O5. The molecule has 0 saturated heterocycles. The maximum absolute atomic E-state index is 10.5. The Hall–Kier alpha value is -2.18. The SMILES string of the molecule is [2H]c1cc(OC)c([N+](=O)[O-])cc1[N+](=O)[O-]. The maximum Gasteiger partial charge on any atom is 0.317 e. The molecule has 0 atom stereocenters. The van der Waals surface area contributed by atoms with Gasteiger partial charge in [-0.2, -0.15) is 0 Å². The first kappa shape index (κ1) is 8.42. The fourth-order valence-electron chi connectivity index (χ4n) is 0.867. The molecule has 0 radical (unpaired) electrons. The van der Waals surface area contributed by atoms with Crippen LogP contribution in [0.1, 0.15) is 1.37 Å². The van der Waals surface area contributed by atoms with Crippen LogP contribution in [-0.2, 0) is 0 Å². The Morgan fingerprint density at radius 2 is 2.07 bits per heavy atom. The average Bonchev–Trinajstić information content (AvgIpc) is 2.16. The lowest BCUT2D eigenvalue weighted by Crippen LogP contribution is -1.95. The van der Waals surface area contributed by atoms with Crippen LogP contribution >= 0.6 is 0 Å². The van der Waals surface area contributed by atoms with Gasteiger partial charge in [0.2, 0.25) is 0 Å². The molecule has 0 bridgehead atoms. The van der Waals surface area contributed by atoms with Crippen LogP contribution in [0, 0.1) is 20.2 Å². The number of ether oxygens (including phenoxy) is 1. The summed E-state index contributed by atoms with van der Waals surface area (Å²) in [5, 5.41) is 20.9. The molecule has 0 aliphatic rings. The Morgan fingerprint density at radius 1 is 1.43 bits per heavy atom. The van der Waals surface area contributed by atoms with Crippen molar-refractivity contribution in [1.29, 1.82) is 0 Å². The minimum absolute atomic E-state index is 0.171. The molecular weight excluding hydrogens is 192 g/mol. The Bertz CT molecular complexity index is 434. The van der Waals surface area contributed by atoms with E-state index in [1.165, 1.54) is 7.11 Å². The van der Waals surface area contributed by atoms with Crippen LogP contribution in [0.25, 0.3) is 0 Å². The number of nitro benzene ring substituents is 2. The number of rotatable bonds is 3. The molecule has 0 saturated carbocycles. The van der Waals surface area contributed by atoms with Gasteiger partial charge in [0.05, 0.1) is 24.4 Å². The molecule has 1 rings (SSSR count). The van der Waals surface area contributed by atoms with E-state index < -0.39 is 27.3 Å². The lowest BCUT2D eigenvalue weighted by atomic mass is 10.2. The van der Waals surface area contributed by atoms with Crippen molar-refractivity contribution in [3.05, 3.63) is 38.4 Å². The third-order valence-electron chi connectivity index (χ3n) is 1.49. The molecule has 0 amide bonds. The lowest BCUT2D eigenvalue weighted by molar-refractivity contribution is -0.394. The molecule has 0 unspecified atom stereocenters. The van der Waals surface area contributed by atoms with Gasteiger partial charge in [0.25, 0.3) is 5.69 Å². The third-order valence-corrected chi connectivity index (χ3v) is 1.49. The monoisotopic (exact) mass is 199 g/mol. The van der Waals surface area contributed by atoms with Crippen LogP contribution in [0.15, 0.2) is 18.2 Å². The Labute approximate surface area is 79.6 Å². The number of hydrogen-bond acceptors (Lipinski definition) is 5. The van der Waals surface area contributed by atoms with Crippen molar-refractivity contribution in [2.24, 2.45) is 0 Å². The summed E-state index contributed by atoms with van der Waals surface area (Å²) in [6.07, 6.45) is 0. The van der Waals surface area contributed by atoms with Gasteiger partial charge in [0.15, 0.2) is 5.75 Å². The molecule has 74 valence electrons. The van der Waals surface area contributed by atoms with Crippen molar-refractivity contribution < 1.29 is 16.0 Å². The van der Waals surface area contributed by atoms with Gasteiger partial charge < -0.3 is 4.74 Å². The average molecular weight is 199 g/mol. The molecule has 0 aromatic heterocycles. The number of benzene rings is 1. The van der Waals surface area contributed by atoms with E-state index >= 15 is 0 Å². The molecule has 0 aliphatic carbocycles. The normalized spacial score (nSPS) is 10.5. The molecule has 14 heavy (non-hydrogen) atoms. The minimum Gasteiger partial charge on any atom is -0.490 e. The van der Waals surface area contributed by atoms with Gasteiger partial charge in [0, 0.05) is 6.04 Å². The summed E-state index contributed by atoms with van der Waals surface area (Å²) in [6.45, 7) is 0. The third kappa shape index (κ3) is 1.76. The zero-order valence-electron chi connectivity index (χ0n) is 8.09. The predicted molar refractivity (Wildman–Crippen MR) is 46.3 cm³/mol. The Morgan fingerprint density at radius 3 is 2.50 bits per heavy atom. The van der Waals surface area contributed by atoms with E-state index in [-0.39, 0.29) is 5.75 Å². The van der Waals surface area contributed by atoms with E-state index in [4.69, 9.17) is 1.37 Å². The van der Waals surface area contributed by atoms with Crippen molar-refractivity contribution in [3.8, 4) is 5.75 Å². The van der Waals surface area contributed by atoms with E-state index in [1.807, 2.05) is 0 Å². The van der Waals surface area contributed by atoms with Gasteiger partial charge >= 0.3 is 5.69 Å². The van der Waals surface area contributed by atoms with Gasteiger partial charge in [-0.1, -0.05) is 0 Å². The molecule has 7 heteroatoms. The van der Waals surface area contributed by atoms with Gasteiger partial charge in [-0.25, -0.2) is 0 Å². The minimum atomic E-state index is -0.852. The van der Waals surface area contributed by atoms with Gasteiger partial charge in [0.1, 0.15) is 0 Å². The van der Waals surface area contributed by atoms with Crippen LogP contribution in [0.2, 0.25) is 0 Å². The molecule has 1 aromatic carbocycles. The Balaban J connectivity index is 3.43. The highest BCUT2D eigenvalue weighted by molar-refractivity contribution is 5.53. The van der Waals surface area contributed by atoms with E-state index in [1.54, 1.807) is 0 Å². The molecule has 1 aromatic rings. The van der Waals surface area contributed by atoms with E-state index in [9.17, 15) is 20.2 Å². The lowest BCUT2D eigenvalue weighted by Gasteiger charge is -1.99. The first-order valence-corrected chi connectivity index (χ1v) is 3.44. The topological polar surface area (TPSA) is 95.5 Å². The number of nitro groups is 2. The Kier molecular flexibility index (Phi) is 2.22. The van der Waals surface area contributed by atoms with E-state index in [2.05, 4.69) is 4.74 Å². The second-order valence-electron chi connectivity index (χ2n) is 2.29. The number of hydrogen-bond donors (Lipinski definition) is 0. The van der Waals surface area contributed by atoms with E-state index in [0.717, 1.165) is 6.07 Å². The van der Waals surface area contributed by atoms with Gasteiger partial charge in [-0.15, -0.1) is 0 Å². The molecule has 0 aliphatic heterocycles. The van der Waals surface area contributed by atoms with Crippen LogP contribution in [-0.4, -0.2) is 17.0 Å². The zero-order valence-corrected chi connectivity index (χ0v) is 7.09. The predicted octanol–water partition coefficient (Wildman–Crippen LogP) is 1.51. The zero-order chi connectivity index (χ0) is 11.6. The van der Waals surface area contributed by atoms with Crippen molar-refractivity contribution >= 4 is 11.4 Å². The van der Waals surface area contributed by atoms with Crippen molar-refractivity contribution in [2.45, 2.75) is 0 Å². The quantitative estimate of drug-likeness (QED) is 0.543.